The molecule has 8 nitrogen and oxygen atoms in total. The summed E-state index contributed by atoms with van der Waals surface area (Å²) in [4.78, 5) is 33.9. The van der Waals surface area contributed by atoms with E-state index in [-0.39, 0.29) is 22.8 Å². The zero-order chi connectivity index (χ0) is 24.3. The van der Waals surface area contributed by atoms with Crippen molar-refractivity contribution in [1.29, 1.82) is 0 Å². The van der Waals surface area contributed by atoms with Crippen LogP contribution in [0.15, 0.2) is 70.1 Å². The third-order valence-corrected chi connectivity index (χ3v) is 8.24. The lowest BCUT2D eigenvalue weighted by Crippen LogP contribution is -2.51. The van der Waals surface area contributed by atoms with Gasteiger partial charge in [-0.2, -0.15) is 9.78 Å². The normalized spacial score (nSPS) is 26.3. The molecule has 1 aromatic carbocycles. The number of nitrogens with one attached hydrogen (secondary N) is 2. The van der Waals surface area contributed by atoms with E-state index in [2.05, 4.69) is 15.4 Å². The fraction of sp³-hybridized carbons (Fsp3) is 0.357. The number of carbonyl (C=O) groups is 1. The maximum Gasteiger partial charge on any atom is 0.252 e. The lowest BCUT2D eigenvalue weighted by atomic mass is 9.49. The van der Waals surface area contributed by atoms with Gasteiger partial charge in [0, 0.05) is 17.7 Å². The van der Waals surface area contributed by atoms with Gasteiger partial charge in [-0.05, 0) is 68.4 Å². The molecule has 4 saturated carbocycles. The average molecular weight is 482 g/mol. The summed E-state index contributed by atoms with van der Waals surface area (Å²) in [5, 5.41) is 7.86. The Morgan fingerprint density at radius 1 is 0.972 bits per heavy atom. The zero-order valence-electron chi connectivity index (χ0n) is 19.8. The maximum absolute atomic E-state index is 13.8. The van der Waals surface area contributed by atoms with Crippen LogP contribution in [0.25, 0.3) is 28.7 Å². The highest BCUT2D eigenvalue weighted by Crippen LogP contribution is 2.60. The fourth-order valence-electron chi connectivity index (χ4n) is 7.12. The Bertz CT molecular complexity index is 1450. The van der Waals surface area contributed by atoms with Crippen LogP contribution in [0.2, 0.25) is 0 Å². The minimum absolute atomic E-state index is 0.0512. The number of H-pyrrole nitrogens is 1. The molecule has 0 saturated heterocycles. The SMILES string of the molecule is O=C(Nc1cc(-c2ccco2)nn1-c1nc(-c2ccccc2)cc(=O)[nH]1)C12CC3CC(CC(C3)C1)C2. The van der Waals surface area contributed by atoms with Crippen molar-refractivity contribution in [3.8, 4) is 28.7 Å². The lowest BCUT2D eigenvalue weighted by Gasteiger charge is -2.55. The molecule has 0 radical (unpaired) electrons. The molecule has 182 valence electrons. The van der Waals surface area contributed by atoms with Gasteiger partial charge in [-0.15, -0.1) is 0 Å². The number of carbonyl (C=O) groups excluding carboxylic acids is 1. The third-order valence-electron chi connectivity index (χ3n) is 8.24. The van der Waals surface area contributed by atoms with Crippen LogP contribution in [0.4, 0.5) is 5.82 Å². The molecule has 4 bridgehead atoms. The number of aromatic amines is 1. The van der Waals surface area contributed by atoms with Gasteiger partial charge >= 0.3 is 0 Å². The first-order valence-electron chi connectivity index (χ1n) is 12.7. The first-order valence-corrected chi connectivity index (χ1v) is 12.7. The fourth-order valence-corrected chi connectivity index (χ4v) is 7.12. The molecule has 0 spiro atoms. The standard InChI is InChI=1S/C28H27N5O3/c34-25-13-21(20-5-2-1-3-6-20)29-27(31-25)33-24(12-22(32-33)23-7-4-8-36-23)30-26(35)28-14-17-9-18(15-28)11-19(10-17)16-28/h1-8,12-13,17-19H,9-11,14-16H2,(H,30,35)(H,29,31,34). The summed E-state index contributed by atoms with van der Waals surface area (Å²) in [6, 6.07) is 16.4. The van der Waals surface area contributed by atoms with Crippen LogP contribution in [-0.2, 0) is 4.79 Å². The van der Waals surface area contributed by atoms with Crippen molar-refractivity contribution in [3.05, 3.63) is 71.2 Å². The summed E-state index contributed by atoms with van der Waals surface area (Å²) < 4.78 is 7.07. The summed E-state index contributed by atoms with van der Waals surface area (Å²) >= 11 is 0. The molecule has 4 aliphatic rings. The van der Waals surface area contributed by atoms with Crippen molar-refractivity contribution in [1.82, 2.24) is 19.7 Å². The predicted octanol–water partition coefficient (Wildman–Crippen LogP) is 5.04. The predicted molar refractivity (Wildman–Crippen MR) is 134 cm³/mol. The van der Waals surface area contributed by atoms with E-state index in [0.717, 1.165) is 24.8 Å². The molecular formula is C28H27N5O3. The number of anilines is 1. The van der Waals surface area contributed by atoms with E-state index in [1.807, 2.05) is 36.4 Å². The first kappa shape index (κ1) is 21.4. The van der Waals surface area contributed by atoms with Crippen molar-refractivity contribution >= 4 is 11.7 Å². The Balaban J connectivity index is 1.29. The molecule has 4 fully saturated rings. The molecule has 3 aromatic heterocycles. The number of hydrogen-bond acceptors (Lipinski definition) is 5. The Morgan fingerprint density at radius 2 is 1.69 bits per heavy atom. The van der Waals surface area contributed by atoms with Gasteiger partial charge < -0.3 is 9.73 Å². The van der Waals surface area contributed by atoms with E-state index in [0.29, 0.717) is 40.7 Å². The van der Waals surface area contributed by atoms with Gasteiger partial charge in [0.05, 0.1) is 17.4 Å². The molecule has 4 aliphatic carbocycles. The molecule has 0 atom stereocenters. The molecule has 2 N–H and O–H groups in total. The summed E-state index contributed by atoms with van der Waals surface area (Å²) in [6.07, 6.45) is 8.27. The molecular weight excluding hydrogens is 454 g/mol. The van der Waals surface area contributed by atoms with Crippen molar-refractivity contribution in [2.24, 2.45) is 23.2 Å². The highest BCUT2D eigenvalue weighted by Gasteiger charge is 2.54. The molecule has 0 aliphatic heterocycles. The van der Waals surface area contributed by atoms with Crippen molar-refractivity contribution in [2.75, 3.05) is 5.32 Å². The van der Waals surface area contributed by atoms with E-state index in [1.54, 1.807) is 18.4 Å². The Labute approximate surface area is 207 Å². The smallest absolute Gasteiger partial charge is 0.252 e. The number of nitrogens with zero attached hydrogens (tertiary/aromatic N) is 3. The van der Waals surface area contributed by atoms with Crippen molar-refractivity contribution < 1.29 is 9.21 Å². The van der Waals surface area contributed by atoms with Crippen LogP contribution < -0.4 is 10.9 Å². The summed E-state index contributed by atoms with van der Waals surface area (Å²) in [6.45, 7) is 0. The van der Waals surface area contributed by atoms with Gasteiger partial charge in [-0.25, -0.2) is 4.98 Å². The largest absolute Gasteiger partial charge is 0.463 e. The van der Waals surface area contributed by atoms with Gasteiger partial charge in [-0.1, -0.05) is 30.3 Å². The minimum Gasteiger partial charge on any atom is -0.463 e. The Kier molecular flexibility index (Phi) is 4.77. The van der Waals surface area contributed by atoms with E-state index in [4.69, 9.17) is 9.40 Å². The molecule has 3 heterocycles. The van der Waals surface area contributed by atoms with Crippen LogP contribution >= 0.6 is 0 Å². The summed E-state index contributed by atoms with van der Waals surface area (Å²) in [7, 11) is 0. The highest BCUT2D eigenvalue weighted by atomic mass is 16.3. The Hall–Kier alpha value is -3.94. The van der Waals surface area contributed by atoms with Crippen LogP contribution in [0.1, 0.15) is 38.5 Å². The summed E-state index contributed by atoms with van der Waals surface area (Å²) in [5.74, 6) is 3.30. The van der Waals surface area contributed by atoms with Gasteiger partial charge in [0.2, 0.25) is 11.9 Å². The molecule has 36 heavy (non-hydrogen) atoms. The summed E-state index contributed by atoms with van der Waals surface area (Å²) in [5.41, 5.74) is 1.28. The molecule has 0 unspecified atom stereocenters. The minimum atomic E-state index is -0.318. The van der Waals surface area contributed by atoms with Gasteiger partial charge in [-0.3, -0.25) is 14.6 Å². The molecule has 4 aromatic rings. The molecule has 8 heteroatoms. The van der Waals surface area contributed by atoms with E-state index in [1.165, 1.54) is 30.0 Å². The van der Waals surface area contributed by atoms with Crippen LogP contribution in [0.3, 0.4) is 0 Å². The van der Waals surface area contributed by atoms with Crippen LogP contribution in [-0.4, -0.2) is 25.7 Å². The maximum atomic E-state index is 13.8. The highest BCUT2D eigenvalue weighted by molar-refractivity contribution is 5.95. The molecule has 8 rings (SSSR count). The van der Waals surface area contributed by atoms with Gasteiger partial charge in [0.1, 0.15) is 11.5 Å². The second-order valence-electron chi connectivity index (χ2n) is 10.8. The topological polar surface area (TPSA) is 106 Å². The van der Waals surface area contributed by atoms with Gasteiger partial charge in [0.15, 0.2) is 5.76 Å². The van der Waals surface area contributed by atoms with E-state index in [9.17, 15) is 9.59 Å². The average Bonchev–Trinajstić information content (AvgIpc) is 3.54. The van der Waals surface area contributed by atoms with Gasteiger partial charge in [0.25, 0.3) is 5.56 Å². The number of aromatic nitrogens is 4. The van der Waals surface area contributed by atoms with Crippen LogP contribution in [0, 0.1) is 23.2 Å². The molecule has 1 amide bonds. The van der Waals surface area contributed by atoms with Crippen molar-refractivity contribution in [3.63, 3.8) is 0 Å². The van der Waals surface area contributed by atoms with Crippen molar-refractivity contribution in [2.45, 2.75) is 38.5 Å². The number of hydrogen-bond donors (Lipinski definition) is 2. The third kappa shape index (κ3) is 3.59. The lowest BCUT2D eigenvalue weighted by molar-refractivity contribution is -0.140. The zero-order valence-corrected chi connectivity index (χ0v) is 19.8. The van der Waals surface area contributed by atoms with E-state index >= 15 is 0 Å². The van der Waals surface area contributed by atoms with E-state index < -0.39 is 0 Å². The second kappa shape index (κ2) is 8.05. The van der Waals surface area contributed by atoms with Crippen LogP contribution in [0.5, 0.6) is 0 Å². The quantitative estimate of drug-likeness (QED) is 0.416. The Morgan fingerprint density at radius 3 is 2.36 bits per heavy atom. The number of amides is 1. The first-order chi connectivity index (χ1) is 17.5. The monoisotopic (exact) mass is 481 g/mol. The number of rotatable bonds is 5. The number of benzene rings is 1. The second-order valence-corrected chi connectivity index (χ2v) is 10.8. The number of furan rings is 1.